The second-order valence-electron chi connectivity index (χ2n) is 4.96. The highest BCUT2D eigenvalue weighted by Crippen LogP contribution is 2.12. The van der Waals surface area contributed by atoms with Gasteiger partial charge in [0.15, 0.2) is 0 Å². The standard InChI is InChI=1S/C13H18F2N2O3S/c1-17(8-9-3-4-10(14)7-11(9)15)13(18)12(16)5-6-21(2,19)20/h3-4,7,12H,5-6,8,16H2,1-2H3. The number of amides is 1. The van der Waals surface area contributed by atoms with Gasteiger partial charge in [-0.2, -0.15) is 0 Å². The number of likely N-dealkylation sites (N-methyl/N-ethyl adjacent to an activating group) is 1. The number of hydrogen-bond donors (Lipinski definition) is 1. The molecule has 0 radical (unpaired) electrons. The highest BCUT2D eigenvalue weighted by Gasteiger charge is 2.20. The van der Waals surface area contributed by atoms with Gasteiger partial charge in [-0.1, -0.05) is 6.07 Å². The summed E-state index contributed by atoms with van der Waals surface area (Å²) in [5.74, 6) is -2.14. The lowest BCUT2D eigenvalue weighted by molar-refractivity contribution is -0.131. The van der Waals surface area contributed by atoms with Gasteiger partial charge in [0.05, 0.1) is 11.8 Å². The lowest BCUT2D eigenvalue weighted by atomic mass is 10.1. The molecule has 0 aliphatic heterocycles. The van der Waals surface area contributed by atoms with Crippen LogP contribution in [0.25, 0.3) is 0 Å². The van der Waals surface area contributed by atoms with Crippen molar-refractivity contribution in [2.24, 2.45) is 5.73 Å². The number of hydrogen-bond acceptors (Lipinski definition) is 4. The molecule has 0 aliphatic carbocycles. The van der Waals surface area contributed by atoms with Gasteiger partial charge in [-0.05, 0) is 12.5 Å². The average Bonchev–Trinajstić information content (AvgIpc) is 2.37. The zero-order valence-corrected chi connectivity index (χ0v) is 12.7. The van der Waals surface area contributed by atoms with Crippen LogP contribution in [0.4, 0.5) is 8.78 Å². The number of nitrogens with zero attached hydrogens (tertiary/aromatic N) is 1. The molecular weight excluding hydrogens is 302 g/mol. The number of nitrogens with two attached hydrogens (primary N) is 1. The first-order valence-corrected chi connectivity index (χ1v) is 8.28. The molecule has 5 nitrogen and oxygen atoms in total. The van der Waals surface area contributed by atoms with Crippen molar-refractivity contribution in [3.05, 3.63) is 35.4 Å². The summed E-state index contributed by atoms with van der Waals surface area (Å²) in [4.78, 5) is 13.1. The van der Waals surface area contributed by atoms with Gasteiger partial charge in [0.2, 0.25) is 5.91 Å². The first kappa shape index (κ1) is 17.5. The average molecular weight is 320 g/mol. The maximum Gasteiger partial charge on any atom is 0.239 e. The fourth-order valence-electron chi connectivity index (χ4n) is 1.73. The van der Waals surface area contributed by atoms with Crippen LogP contribution < -0.4 is 5.73 Å². The second kappa shape index (κ2) is 6.95. The molecule has 1 amide bonds. The van der Waals surface area contributed by atoms with Gasteiger partial charge in [0.25, 0.3) is 0 Å². The van der Waals surface area contributed by atoms with E-state index in [-0.39, 0.29) is 24.3 Å². The van der Waals surface area contributed by atoms with Crippen LogP contribution in [-0.4, -0.2) is 44.3 Å². The van der Waals surface area contributed by atoms with E-state index in [0.717, 1.165) is 18.4 Å². The molecule has 1 unspecified atom stereocenters. The van der Waals surface area contributed by atoms with E-state index in [0.29, 0.717) is 0 Å². The minimum absolute atomic E-state index is 0.00604. The number of rotatable bonds is 6. The Bertz CT molecular complexity index is 620. The Morgan fingerprint density at radius 2 is 2.00 bits per heavy atom. The number of halogens is 2. The van der Waals surface area contributed by atoms with Gasteiger partial charge < -0.3 is 10.6 Å². The smallest absolute Gasteiger partial charge is 0.239 e. The third kappa shape index (κ3) is 5.76. The second-order valence-corrected chi connectivity index (χ2v) is 7.21. The highest BCUT2D eigenvalue weighted by molar-refractivity contribution is 7.90. The summed E-state index contributed by atoms with van der Waals surface area (Å²) in [6, 6.07) is 2.10. The molecule has 0 saturated heterocycles. The van der Waals surface area contributed by atoms with Crippen LogP contribution >= 0.6 is 0 Å². The minimum Gasteiger partial charge on any atom is -0.340 e. The Kier molecular flexibility index (Phi) is 5.79. The fourth-order valence-corrected chi connectivity index (χ4v) is 2.41. The maximum atomic E-state index is 13.5. The molecule has 21 heavy (non-hydrogen) atoms. The lowest BCUT2D eigenvalue weighted by Gasteiger charge is -2.21. The van der Waals surface area contributed by atoms with Crippen molar-refractivity contribution in [2.45, 2.75) is 19.0 Å². The quantitative estimate of drug-likeness (QED) is 0.836. The number of carbonyl (C=O) groups is 1. The van der Waals surface area contributed by atoms with Crippen LogP contribution in [0.1, 0.15) is 12.0 Å². The van der Waals surface area contributed by atoms with Crippen LogP contribution in [0, 0.1) is 11.6 Å². The van der Waals surface area contributed by atoms with Crippen LogP contribution in [0.3, 0.4) is 0 Å². The van der Waals surface area contributed by atoms with Gasteiger partial charge in [-0.15, -0.1) is 0 Å². The number of benzene rings is 1. The van der Waals surface area contributed by atoms with Crippen molar-refractivity contribution in [1.82, 2.24) is 4.90 Å². The fraction of sp³-hybridized carbons (Fsp3) is 0.462. The number of carbonyl (C=O) groups excluding carboxylic acids is 1. The molecule has 0 saturated carbocycles. The predicted octanol–water partition coefficient (Wildman–Crippen LogP) is 0.685. The highest BCUT2D eigenvalue weighted by atomic mass is 32.2. The van der Waals surface area contributed by atoms with Crippen molar-refractivity contribution in [1.29, 1.82) is 0 Å². The summed E-state index contributed by atoms with van der Waals surface area (Å²) in [7, 11) is -1.78. The molecule has 0 bridgehead atoms. The molecule has 0 spiro atoms. The minimum atomic E-state index is -3.20. The van der Waals surface area contributed by atoms with Gasteiger partial charge in [-0.3, -0.25) is 4.79 Å². The van der Waals surface area contributed by atoms with Crippen molar-refractivity contribution < 1.29 is 22.0 Å². The summed E-state index contributed by atoms with van der Waals surface area (Å²) < 4.78 is 48.3. The molecule has 1 atom stereocenters. The van der Waals surface area contributed by atoms with E-state index in [2.05, 4.69) is 0 Å². The Labute approximate surface area is 122 Å². The lowest BCUT2D eigenvalue weighted by Crippen LogP contribution is -2.42. The summed E-state index contributed by atoms with van der Waals surface area (Å²) in [6.07, 6.45) is 1.05. The third-order valence-electron chi connectivity index (χ3n) is 2.92. The first-order chi connectivity index (χ1) is 9.60. The molecular formula is C13H18F2N2O3S. The van der Waals surface area contributed by atoms with Crippen molar-refractivity contribution >= 4 is 15.7 Å². The largest absolute Gasteiger partial charge is 0.340 e. The molecule has 2 N–H and O–H groups in total. The van der Waals surface area contributed by atoms with Gasteiger partial charge in [0, 0.05) is 31.5 Å². The molecule has 118 valence electrons. The molecule has 0 aromatic heterocycles. The van der Waals surface area contributed by atoms with E-state index in [9.17, 15) is 22.0 Å². The summed E-state index contributed by atoms with van der Waals surface area (Å²) in [5, 5.41) is 0. The van der Waals surface area contributed by atoms with Gasteiger partial charge >= 0.3 is 0 Å². The number of sulfone groups is 1. The van der Waals surface area contributed by atoms with Gasteiger partial charge in [0.1, 0.15) is 21.5 Å². The zero-order chi connectivity index (χ0) is 16.2. The van der Waals surface area contributed by atoms with E-state index in [1.807, 2.05) is 0 Å². The van der Waals surface area contributed by atoms with Crippen LogP contribution in [0.5, 0.6) is 0 Å². The zero-order valence-electron chi connectivity index (χ0n) is 11.8. The first-order valence-electron chi connectivity index (χ1n) is 6.22. The summed E-state index contributed by atoms with van der Waals surface area (Å²) >= 11 is 0. The molecule has 8 heteroatoms. The summed E-state index contributed by atoms with van der Waals surface area (Å²) in [6.45, 7) is -0.0719. The van der Waals surface area contributed by atoms with Crippen molar-refractivity contribution in [3.8, 4) is 0 Å². The molecule has 0 fully saturated rings. The van der Waals surface area contributed by atoms with Crippen LogP contribution in [-0.2, 0) is 21.2 Å². The van der Waals surface area contributed by atoms with E-state index >= 15 is 0 Å². The summed E-state index contributed by atoms with van der Waals surface area (Å²) in [5.41, 5.74) is 5.79. The molecule has 1 rings (SSSR count). The maximum absolute atomic E-state index is 13.5. The molecule has 1 aromatic carbocycles. The van der Waals surface area contributed by atoms with E-state index in [1.54, 1.807) is 0 Å². The normalized spacial score (nSPS) is 13.0. The van der Waals surface area contributed by atoms with Crippen molar-refractivity contribution in [3.63, 3.8) is 0 Å². The Hall–Kier alpha value is -1.54. The van der Waals surface area contributed by atoms with E-state index in [1.165, 1.54) is 18.0 Å². The molecule has 0 heterocycles. The Balaban J connectivity index is 2.65. The van der Waals surface area contributed by atoms with Crippen LogP contribution in [0.2, 0.25) is 0 Å². The molecule has 1 aromatic rings. The predicted molar refractivity (Wildman–Crippen MR) is 75.1 cm³/mol. The van der Waals surface area contributed by atoms with Crippen molar-refractivity contribution in [2.75, 3.05) is 19.1 Å². The topological polar surface area (TPSA) is 80.5 Å². The van der Waals surface area contributed by atoms with Gasteiger partial charge in [-0.25, -0.2) is 17.2 Å². The van der Waals surface area contributed by atoms with E-state index < -0.39 is 33.4 Å². The Morgan fingerprint density at radius 1 is 1.38 bits per heavy atom. The monoisotopic (exact) mass is 320 g/mol. The third-order valence-corrected chi connectivity index (χ3v) is 3.89. The van der Waals surface area contributed by atoms with Crippen LogP contribution in [0.15, 0.2) is 18.2 Å². The molecule has 0 aliphatic rings. The SMILES string of the molecule is CN(Cc1ccc(F)cc1F)C(=O)C(N)CCS(C)(=O)=O. The van der Waals surface area contributed by atoms with E-state index in [4.69, 9.17) is 5.73 Å². The Morgan fingerprint density at radius 3 is 2.52 bits per heavy atom.